The summed E-state index contributed by atoms with van der Waals surface area (Å²) in [5.41, 5.74) is -0.0247. The molecule has 0 fully saturated rings. The van der Waals surface area contributed by atoms with Crippen molar-refractivity contribution in [2.45, 2.75) is 25.5 Å². The Morgan fingerprint density at radius 1 is 1.29 bits per heavy atom. The van der Waals surface area contributed by atoms with E-state index in [0.717, 1.165) is 18.3 Å². The van der Waals surface area contributed by atoms with Crippen LogP contribution in [0.15, 0.2) is 21.0 Å². The van der Waals surface area contributed by atoms with Crippen molar-refractivity contribution in [3.8, 4) is 0 Å². The minimum Gasteiger partial charge on any atom is -0.234 e. The Balaban J connectivity index is 3.01. The maximum Gasteiger partial charge on any atom is 0.144 e. The van der Waals surface area contributed by atoms with Crippen LogP contribution in [0.2, 0.25) is 0 Å². The highest BCUT2D eigenvalue weighted by Gasteiger charge is 2.18. The zero-order valence-corrected chi connectivity index (χ0v) is 12.0. The predicted octanol–water partition coefficient (Wildman–Crippen LogP) is 3.61. The molecule has 1 atom stereocenters. The van der Waals surface area contributed by atoms with Crippen LogP contribution in [-0.4, -0.2) is 15.2 Å². The zero-order chi connectivity index (χ0) is 13.2. The van der Waals surface area contributed by atoms with Gasteiger partial charge in [-0.05, 0) is 48.8 Å². The van der Waals surface area contributed by atoms with Crippen LogP contribution in [0.4, 0.5) is 8.78 Å². The van der Waals surface area contributed by atoms with Gasteiger partial charge in [-0.1, -0.05) is 0 Å². The van der Waals surface area contributed by atoms with E-state index in [2.05, 4.69) is 20.3 Å². The van der Waals surface area contributed by atoms with E-state index < -0.39 is 27.4 Å². The summed E-state index contributed by atoms with van der Waals surface area (Å²) in [5, 5.41) is 0. The Kier molecular flexibility index (Phi) is 4.55. The molecule has 0 N–H and O–H groups in total. The lowest BCUT2D eigenvalue weighted by atomic mass is 10.2. The topological polar surface area (TPSA) is 29.4 Å². The maximum atomic E-state index is 13.4. The van der Waals surface area contributed by atoms with Gasteiger partial charge in [0.25, 0.3) is 0 Å². The van der Waals surface area contributed by atoms with Gasteiger partial charge in [0.05, 0.1) is 9.22 Å². The van der Waals surface area contributed by atoms with E-state index in [-0.39, 0.29) is 10.0 Å². The van der Waals surface area contributed by atoms with Crippen LogP contribution in [0, 0.1) is 11.6 Å². The number of hydrogen-bond acceptors (Lipinski definition) is 1. The first kappa shape index (κ1) is 14.4. The summed E-state index contributed by atoms with van der Waals surface area (Å²) < 4.78 is 41.4. The summed E-state index contributed by atoms with van der Waals surface area (Å²) in [5.74, 6) is -1.21. The molecule has 1 aromatic rings. The molecule has 0 aromatic heterocycles. The molecule has 1 aromatic carbocycles. The molecule has 0 radical (unpaired) electrons. The van der Waals surface area contributed by atoms with Crippen LogP contribution in [0.3, 0.4) is 0 Å². The summed E-state index contributed by atoms with van der Waals surface area (Å²) in [6.45, 7) is 5.25. The van der Waals surface area contributed by atoms with E-state index in [0.29, 0.717) is 0 Å². The molecule has 0 saturated carbocycles. The Bertz CT molecular complexity index is 483. The lowest BCUT2D eigenvalue weighted by Gasteiger charge is -2.12. The summed E-state index contributed by atoms with van der Waals surface area (Å²) in [4.78, 5) is 0. The summed E-state index contributed by atoms with van der Waals surface area (Å²) in [7, 11) is -1.49. The van der Waals surface area contributed by atoms with Crippen LogP contribution in [0.25, 0.3) is 0 Å². The highest BCUT2D eigenvalue weighted by molar-refractivity contribution is 9.10. The van der Waals surface area contributed by atoms with Crippen molar-refractivity contribution >= 4 is 33.1 Å². The predicted molar refractivity (Wildman–Crippen MR) is 69.5 cm³/mol. The molecule has 1 rings (SSSR count). The molecule has 0 amide bonds. The van der Waals surface area contributed by atoms with Crippen molar-refractivity contribution in [3.05, 3.63) is 33.8 Å². The molecule has 0 saturated heterocycles. The van der Waals surface area contributed by atoms with E-state index in [9.17, 15) is 13.0 Å². The number of benzene rings is 1. The fourth-order valence-electron chi connectivity index (χ4n) is 0.900. The van der Waals surface area contributed by atoms with E-state index in [1.807, 2.05) is 0 Å². The molecule has 6 heteroatoms. The molecule has 0 spiro atoms. The molecule has 0 bridgehead atoms. The minimum atomic E-state index is -1.49. The first-order valence-electron chi connectivity index (χ1n) is 4.82. The molecular weight excluding hydrogens is 312 g/mol. The van der Waals surface area contributed by atoms with Crippen molar-refractivity contribution < 1.29 is 13.0 Å². The van der Waals surface area contributed by atoms with Crippen LogP contribution in [0.5, 0.6) is 0 Å². The van der Waals surface area contributed by atoms with Gasteiger partial charge >= 0.3 is 0 Å². The van der Waals surface area contributed by atoms with Crippen LogP contribution >= 0.6 is 15.9 Å². The Morgan fingerprint density at radius 2 is 1.88 bits per heavy atom. The van der Waals surface area contributed by atoms with Gasteiger partial charge in [0.1, 0.15) is 22.6 Å². The molecule has 94 valence electrons. The Morgan fingerprint density at radius 3 is 2.41 bits per heavy atom. The van der Waals surface area contributed by atoms with Crippen LogP contribution in [-0.2, 0) is 11.0 Å². The molecule has 0 heterocycles. The third-order valence-electron chi connectivity index (χ3n) is 1.85. The highest BCUT2D eigenvalue weighted by Crippen LogP contribution is 2.19. The lowest BCUT2D eigenvalue weighted by molar-refractivity contribution is 0.593. The van der Waals surface area contributed by atoms with E-state index >= 15 is 0 Å². The van der Waals surface area contributed by atoms with Gasteiger partial charge in [-0.15, -0.1) is 0 Å². The van der Waals surface area contributed by atoms with Gasteiger partial charge in [-0.3, -0.25) is 0 Å². The van der Waals surface area contributed by atoms with Gasteiger partial charge in [-0.2, -0.15) is 4.40 Å². The SMILES string of the molecule is CC(C)(C)[S@@](=O)N=Cc1cc(F)c(Br)cc1F. The van der Waals surface area contributed by atoms with E-state index in [1.54, 1.807) is 20.8 Å². The first-order chi connectivity index (χ1) is 7.71. The average Bonchev–Trinajstić information content (AvgIpc) is 2.19. The smallest absolute Gasteiger partial charge is 0.144 e. The van der Waals surface area contributed by atoms with Crippen LogP contribution in [0.1, 0.15) is 26.3 Å². The standard InChI is InChI=1S/C11H12BrF2NOS/c1-11(2,3)17(16)15-6-7-4-10(14)8(12)5-9(7)13/h4-6H,1-3H3/t17-/m1/s1. The monoisotopic (exact) mass is 323 g/mol. The van der Waals surface area contributed by atoms with E-state index in [1.165, 1.54) is 0 Å². The third kappa shape index (κ3) is 3.96. The van der Waals surface area contributed by atoms with E-state index in [4.69, 9.17) is 0 Å². The van der Waals surface area contributed by atoms with Crippen molar-refractivity contribution in [1.29, 1.82) is 0 Å². The Hall–Kier alpha value is -0.620. The van der Waals surface area contributed by atoms with Gasteiger partial charge in [0.15, 0.2) is 0 Å². The first-order valence-corrected chi connectivity index (χ1v) is 6.72. The second kappa shape index (κ2) is 5.35. The Labute approximate surface area is 110 Å². The van der Waals surface area contributed by atoms with Crippen molar-refractivity contribution in [1.82, 2.24) is 0 Å². The third-order valence-corrected chi connectivity index (χ3v) is 3.80. The van der Waals surface area contributed by atoms with Crippen molar-refractivity contribution in [2.75, 3.05) is 0 Å². The molecular formula is C11H12BrF2NOS. The fraction of sp³-hybridized carbons (Fsp3) is 0.364. The van der Waals surface area contributed by atoms with Gasteiger partial charge in [0, 0.05) is 11.8 Å². The summed E-state index contributed by atoms with van der Waals surface area (Å²) >= 11 is 2.87. The molecule has 0 unspecified atom stereocenters. The minimum absolute atomic E-state index is 0.0247. The summed E-state index contributed by atoms with van der Waals surface area (Å²) in [6.07, 6.45) is 1.09. The highest BCUT2D eigenvalue weighted by atomic mass is 79.9. The molecule has 0 aliphatic rings. The molecule has 0 aliphatic heterocycles. The molecule has 0 aliphatic carbocycles. The maximum absolute atomic E-state index is 13.4. The second-order valence-corrected chi connectivity index (χ2v) is 7.17. The van der Waals surface area contributed by atoms with Gasteiger partial charge < -0.3 is 0 Å². The van der Waals surface area contributed by atoms with Gasteiger partial charge in [-0.25, -0.2) is 13.0 Å². The second-order valence-electron chi connectivity index (χ2n) is 4.38. The number of halogens is 3. The number of hydrogen-bond donors (Lipinski definition) is 0. The summed E-state index contributed by atoms with van der Waals surface area (Å²) in [6, 6.07) is 2.01. The number of rotatable bonds is 2. The fourth-order valence-corrected chi connectivity index (χ4v) is 1.74. The molecule has 17 heavy (non-hydrogen) atoms. The average molecular weight is 324 g/mol. The van der Waals surface area contributed by atoms with Crippen LogP contribution < -0.4 is 0 Å². The lowest BCUT2D eigenvalue weighted by Crippen LogP contribution is -2.19. The van der Waals surface area contributed by atoms with Gasteiger partial charge in [0.2, 0.25) is 0 Å². The number of nitrogens with zero attached hydrogens (tertiary/aromatic N) is 1. The van der Waals surface area contributed by atoms with Crippen molar-refractivity contribution in [2.24, 2.45) is 4.40 Å². The normalized spacial score (nSPS) is 14.2. The molecule has 2 nitrogen and oxygen atoms in total. The largest absolute Gasteiger partial charge is 0.234 e. The van der Waals surface area contributed by atoms with Crippen molar-refractivity contribution in [3.63, 3.8) is 0 Å². The quantitative estimate of drug-likeness (QED) is 0.604. The zero-order valence-electron chi connectivity index (χ0n) is 9.63.